The number of ether oxygens (including phenoxy) is 2. The van der Waals surface area contributed by atoms with Gasteiger partial charge in [-0.15, -0.1) is 0 Å². The van der Waals surface area contributed by atoms with Crippen LogP contribution in [0.1, 0.15) is 39.0 Å². The van der Waals surface area contributed by atoms with Crippen LogP contribution in [0.15, 0.2) is 24.3 Å². The molecule has 1 aliphatic rings. The van der Waals surface area contributed by atoms with Crippen molar-refractivity contribution in [2.24, 2.45) is 5.73 Å². The maximum Gasteiger partial charge on any atom is 0.120 e. The highest BCUT2D eigenvalue weighted by Gasteiger charge is 2.23. The first-order valence-electron chi connectivity index (χ1n) is 6.94. The summed E-state index contributed by atoms with van der Waals surface area (Å²) in [6, 6.07) is 8.02. The van der Waals surface area contributed by atoms with E-state index in [2.05, 4.69) is 6.92 Å². The van der Waals surface area contributed by atoms with Crippen molar-refractivity contribution in [2.45, 2.75) is 51.2 Å². The van der Waals surface area contributed by atoms with Crippen molar-refractivity contribution in [2.75, 3.05) is 6.61 Å². The molecule has 0 unspecified atom stereocenters. The second kappa shape index (κ2) is 6.64. The summed E-state index contributed by atoms with van der Waals surface area (Å²) in [5, 5.41) is 0. The summed E-state index contributed by atoms with van der Waals surface area (Å²) >= 11 is 0. The topological polar surface area (TPSA) is 44.5 Å². The van der Waals surface area contributed by atoms with E-state index >= 15 is 0 Å². The van der Waals surface area contributed by atoms with Crippen LogP contribution in [-0.4, -0.2) is 18.8 Å². The van der Waals surface area contributed by atoms with E-state index in [-0.39, 0.29) is 12.1 Å². The van der Waals surface area contributed by atoms with Crippen molar-refractivity contribution >= 4 is 0 Å². The molecule has 0 heterocycles. The number of benzene rings is 1. The van der Waals surface area contributed by atoms with Gasteiger partial charge in [0.15, 0.2) is 0 Å². The molecule has 0 bridgehead atoms. The van der Waals surface area contributed by atoms with Crippen LogP contribution >= 0.6 is 0 Å². The zero-order chi connectivity index (χ0) is 12.8. The van der Waals surface area contributed by atoms with Crippen molar-refractivity contribution in [1.82, 2.24) is 0 Å². The van der Waals surface area contributed by atoms with Crippen LogP contribution in [0.3, 0.4) is 0 Å². The Morgan fingerprint density at radius 2 is 1.78 bits per heavy atom. The molecule has 0 amide bonds. The van der Waals surface area contributed by atoms with Crippen LogP contribution < -0.4 is 15.2 Å². The summed E-state index contributed by atoms with van der Waals surface area (Å²) in [5.41, 5.74) is 6.07. The smallest absolute Gasteiger partial charge is 0.120 e. The van der Waals surface area contributed by atoms with Gasteiger partial charge in [0.1, 0.15) is 17.6 Å². The quantitative estimate of drug-likeness (QED) is 0.872. The van der Waals surface area contributed by atoms with Crippen molar-refractivity contribution in [3.05, 3.63) is 24.3 Å². The molecule has 2 rings (SSSR count). The third kappa shape index (κ3) is 3.64. The lowest BCUT2D eigenvalue weighted by atomic mass is 9.93. The normalized spacial score (nSPS) is 23.7. The Balaban J connectivity index is 1.89. The molecular weight excluding hydrogens is 226 g/mol. The van der Waals surface area contributed by atoms with Crippen LogP contribution in [0.5, 0.6) is 11.5 Å². The molecule has 0 radical (unpaired) electrons. The van der Waals surface area contributed by atoms with E-state index in [1.54, 1.807) is 0 Å². The van der Waals surface area contributed by atoms with E-state index < -0.39 is 0 Å². The summed E-state index contributed by atoms with van der Waals surface area (Å²) in [6.07, 6.45) is 5.77. The van der Waals surface area contributed by atoms with E-state index in [1.807, 2.05) is 24.3 Å². The highest BCUT2D eigenvalue weighted by molar-refractivity contribution is 5.31. The van der Waals surface area contributed by atoms with Crippen LogP contribution in [0, 0.1) is 0 Å². The van der Waals surface area contributed by atoms with E-state index in [0.717, 1.165) is 37.4 Å². The third-order valence-corrected chi connectivity index (χ3v) is 3.34. The second-order valence-electron chi connectivity index (χ2n) is 4.92. The Labute approximate surface area is 109 Å². The number of rotatable bonds is 5. The van der Waals surface area contributed by atoms with E-state index in [1.165, 1.54) is 12.8 Å². The average molecular weight is 249 g/mol. The first-order chi connectivity index (χ1) is 8.79. The Morgan fingerprint density at radius 1 is 1.11 bits per heavy atom. The van der Waals surface area contributed by atoms with Crippen molar-refractivity contribution in [3.63, 3.8) is 0 Å². The molecule has 1 aliphatic carbocycles. The summed E-state index contributed by atoms with van der Waals surface area (Å²) in [5.74, 6) is 1.79. The van der Waals surface area contributed by atoms with Gasteiger partial charge in [-0.1, -0.05) is 13.3 Å². The largest absolute Gasteiger partial charge is 0.494 e. The fourth-order valence-electron chi connectivity index (χ4n) is 2.28. The molecule has 100 valence electrons. The molecule has 1 aromatic carbocycles. The minimum Gasteiger partial charge on any atom is -0.494 e. The molecule has 3 nitrogen and oxygen atoms in total. The van der Waals surface area contributed by atoms with Crippen molar-refractivity contribution < 1.29 is 9.47 Å². The zero-order valence-corrected chi connectivity index (χ0v) is 11.1. The summed E-state index contributed by atoms with van der Waals surface area (Å²) in [6.45, 7) is 2.86. The summed E-state index contributed by atoms with van der Waals surface area (Å²) in [7, 11) is 0. The lowest BCUT2D eigenvalue weighted by Crippen LogP contribution is -2.41. The van der Waals surface area contributed by atoms with Gasteiger partial charge >= 0.3 is 0 Å². The fourth-order valence-corrected chi connectivity index (χ4v) is 2.28. The van der Waals surface area contributed by atoms with Gasteiger partial charge in [0.05, 0.1) is 6.61 Å². The maximum atomic E-state index is 6.07. The minimum absolute atomic E-state index is 0.168. The molecule has 1 saturated carbocycles. The van der Waals surface area contributed by atoms with E-state index in [0.29, 0.717) is 0 Å². The standard InChI is InChI=1S/C15H23NO2/c1-2-11-17-12-7-9-13(10-8-12)18-15-6-4-3-5-14(15)16/h7-10,14-15H,2-6,11,16H2,1H3/t14-,15+/m1/s1. The molecule has 18 heavy (non-hydrogen) atoms. The first-order valence-corrected chi connectivity index (χ1v) is 6.94. The predicted molar refractivity (Wildman–Crippen MR) is 73.1 cm³/mol. The molecule has 2 N–H and O–H groups in total. The Bertz CT molecular complexity index is 350. The van der Waals surface area contributed by atoms with Gasteiger partial charge in [0.2, 0.25) is 0 Å². The highest BCUT2D eigenvalue weighted by atomic mass is 16.5. The highest BCUT2D eigenvalue weighted by Crippen LogP contribution is 2.24. The first kappa shape index (κ1) is 13.2. The number of hydrogen-bond donors (Lipinski definition) is 1. The SMILES string of the molecule is CCCOc1ccc(O[C@H]2CCCC[C@H]2N)cc1. The number of hydrogen-bond acceptors (Lipinski definition) is 3. The monoisotopic (exact) mass is 249 g/mol. The van der Waals surface area contributed by atoms with Crippen LogP contribution in [0.2, 0.25) is 0 Å². The van der Waals surface area contributed by atoms with Crippen LogP contribution in [-0.2, 0) is 0 Å². The Morgan fingerprint density at radius 3 is 2.44 bits per heavy atom. The Hall–Kier alpha value is -1.22. The minimum atomic E-state index is 0.168. The summed E-state index contributed by atoms with van der Waals surface area (Å²) in [4.78, 5) is 0. The van der Waals surface area contributed by atoms with E-state index in [9.17, 15) is 0 Å². The molecule has 0 saturated heterocycles. The van der Waals surface area contributed by atoms with Crippen molar-refractivity contribution in [1.29, 1.82) is 0 Å². The van der Waals surface area contributed by atoms with Gasteiger partial charge in [-0.05, 0) is 49.9 Å². The van der Waals surface area contributed by atoms with Gasteiger partial charge < -0.3 is 15.2 Å². The molecule has 2 atom stereocenters. The number of nitrogens with two attached hydrogens (primary N) is 1. The maximum absolute atomic E-state index is 6.07. The van der Waals surface area contributed by atoms with Gasteiger partial charge in [0.25, 0.3) is 0 Å². The molecule has 0 spiro atoms. The summed E-state index contributed by atoms with van der Waals surface area (Å²) < 4.78 is 11.5. The van der Waals surface area contributed by atoms with Gasteiger partial charge in [0, 0.05) is 6.04 Å². The molecular formula is C15H23NO2. The van der Waals surface area contributed by atoms with Gasteiger partial charge in [-0.2, -0.15) is 0 Å². The molecule has 0 aliphatic heterocycles. The van der Waals surface area contributed by atoms with Gasteiger partial charge in [-0.25, -0.2) is 0 Å². The van der Waals surface area contributed by atoms with E-state index in [4.69, 9.17) is 15.2 Å². The second-order valence-corrected chi connectivity index (χ2v) is 4.92. The third-order valence-electron chi connectivity index (χ3n) is 3.34. The average Bonchev–Trinajstić information content (AvgIpc) is 2.41. The molecule has 1 fully saturated rings. The van der Waals surface area contributed by atoms with Crippen LogP contribution in [0.4, 0.5) is 0 Å². The molecule has 1 aromatic rings. The lowest BCUT2D eigenvalue weighted by Gasteiger charge is -2.29. The van der Waals surface area contributed by atoms with Gasteiger partial charge in [-0.3, -0.25) is 0 Å². The zero-order valence-electron chi connectivity index (χ0n) is 11.1. The van der Waals surface area contributed by atoms with Crippen LogP contribution in [0.25, 0.3) is 0 Å². The molecule has 3 heteroatoms. The lowest BCUT2D eigenvalue weighted by molar-refractivity contribution is 0.132. The van der Waals surface area contributed by atoms with Crippen molar-refractivity contribution in [3.8, 4) is 11.5 Å². The predicted octanol–water partition coefficient (Wildman–Crippen LogP) is 3.12. The Kier molecular flexibility index (Phi) is 4.88. The molecule has 0 aromatic heterocycles. The fraction of sp³-hybridized carbons (Fsp3) is 0.600.